The third-order valence-electron chi connectivity index (χ3n) is 4.67. The highest BCUT2D eigenvalue weighted by atomic mass is 35.5. The predicted octanol–water partition coefficient (Wildman–Crippen LogP) is 3.26. The molecule has 2 amide bonds. The van der Waals surface area contributed by atoms with Crippen molar-refractivity contribution in [1.82, 2.24) is 0 Å². The Hall–Kier alpha value is -2.58. The molecule has 154 valence electrons. The number of rotatable bonds is 6. The first-order valence-electron chi connectivity index (χ1n) is 9.13. The summed E-state index contributed by atoms with van der Waals surface area (Å²) < 4.78 is 25.7. The molecule has 1 saturated heterocycles. The standard InChI is InChI=1S/C20H22ClN3O4S/c1-14(24(29(2,27)28)18-6-3-5-15(21)13-18)20(26)22-16-8-10-17(11-9-16)23-12-4-7-19(23)25/h3,5-6,8-11,13-14H,4,7,12H2,1-2H3,(H,22,26)/t14-/m1/s1. The zero-order valence-corrected chi connectivity index (χ0v) is 17.7. The number of benzene rings is 2. The summed E-state index contributed by atoms with van der Waals surface area (Å²) in [7, 11) is -3.73. The number of carbonyl (C=O) groups is 2. The average Bonchev–Trinajstić information content (AvgIpc) is 3.07. The van der Waals surface area contributed by atoms with Crippen LogP contribution in [-0.2, 0) is 19.6 Å². The summed E-state index contributed by atoms with van der Waals surface area (Å²) in [5.74, 6) is -0.402. The van der Waals surface area contributed by atoms with Crippen molar-refractivity contribution in [3.63, 3.8) is 0 Å². The number of anilines is 3. The molecule has 3 rings (SSSR count). The molecule has 0 saturated carbocycles. The van der Waals surface area contributed by atoms with E-state index in [4.69, 9.17) is 11.6 Å². The molecular formula is C20H22ClN3O4S. The lowest BCUT2D eigenvalue weighted by Gasteiger charge is -2.28. The van der Waals surface area contributed by atoms with E-state index < -0.39 is 22.0 Å². The van der Waals surface area contributed by atoms with Gasteiger partial charge in [-0.05, 0) is 55.8 Å². The van der Waals surface area contributed by atoms with Crippen LogP contribution >= 0.6 is 11.6 Å². The Morgan fingerprint density at radius 2 is 1.90 bits per heavy atom. The van der Waals surface area contributed by atoms with Gasteiger partial charge in [0.05, 0.1) is 11.9 Å². The molecule has 1 aliphatic heterocycles. The molecular weight excluding hydrogens is 414 g/mol. The van der Waals surface area contributed by atoms with Crippen LogP contribution in [0.3, 0.4) is 0 Å². The van der Waals surface area contributed by atoms with E-state index in [1.807, 2.05) is 0 Å². The molecule has 1 fully saturated rings. The Balaban J connectivity index is 1.77. The van der Waals surface area contributed by atoms with Crippen molar-refractivity contribution in [2.45, 2.75) is 25.8 Å². The Kier molecular flexibility index (Phi) is 6.14. The number of nitrogens with one attached hydrogen (secondary N) is 1. The van der Waals surface area contributed by atoms with Gasteiger partial charge in [0.25, 0.3) is 0 Å². The average molecular weight is 436 g/mol. The molecule has 2 aromatic carbocycles. The van der Waals surface area contributed by atoms with Crippen molar-refractivity contribution in [3.8, 4) is 0 Å². The number of halogens is 1. The number of amides is 2. The third kappa shape index (κ3) is 4.89. The maximum atomic E-state index is 12.7. The van der Waals surface area contributed by atoms with Gasteiger partial charge in [0.2, 0.25) is 21.8 Å². The fraction of sp³-hybridized carbons (Fsp3) is 0.300. The first-order chi connectivity index (χ1) is 13.7. The summed E-state index contributed by atoms with van der Waals surface area (Å²) in [6.45, 7) is 2.19. The van der Waals surface area contributed by atoms with Crippen LogP contribution < -0.4 is 14.5 Å². The van der Waals surface area contributed by atoms with Crippen LogP contribution in [0.25, 0.3) is 0 Å². The van der Waals surface area contributed by atoms with Crippen molar-refractivity contribution in [1.29, 1.82) is 0 Å². The zero-order chi connectivity index (χ0) is 21.2. The van der Waals surface area contributed by atoms with Gasteiger partial charge in [-0.15, -0.1) is 0 Å². The van der Waals surface area contributed by atoms with Crippen LogP contribution in [0.2, 0.25) is 5.02 Å². The lowest BCUT2D eigenvalue weighted by atomic mass is 10.2. The van der Waals surface area contributed by atoms with Gasteiger partial charge in [-0.2, -0.15) is 0 Å². The van der Waals surface area contributed by atoms with E-state index in [1.54, 1.807) is 47.4 Å². The first kappa shape index (κ1) is 21.1. The molecule has 0 aliphatic carbocycles. The Labute approximate surface area is 175 Å². The Bertz CT molecular complexity index is 1020. The molecule has 0 aromatic heterocycles. The number of hydrogen-bond donors (Lipinski definition) is 1. The van der Waals surface area contributed by atoms with Crippen LogP contribution in [0, 0.1) is 0 Å². The molecule has 29 heavy (non-hydrogen) atoms. The Morgan fingerprint density at radius 3 is 2.45 bits per heavy atom. The summed E-state index contributed by atoms with van der Waals surface area (Å²) >= 11 is 5.98. The van der Waals surface area contributed by atoms with Gasteiger partial charge < -0.3 is 10.2 Å². The fourth-order valence-electron chi connectivity index (χ4n) is 3.31. The summed E-state index contributed by atoms with van der Waals surface area (Å²) in [6, 6.07) is 12.2. The number of sulfonamides is 1. The number of carbonyl (C=O) groups excluding carboxylic acids is 2. The largest absolute Gasteiger partial charge is 0.324 e. The molecule has 0 radical (unpaired) electrons. The van der Waals surface area contributed by atoms with Gasteiger partial charge in [-0.25, -0.2) is 8.42 Å². The van der Waals surface area contributed by atoms with E-state index in [0.717, 1.165) is 22.7 Å². The van der Waals surface area contributed by atoms with Gasteiger partial charge in [0.15, 0.2) is 0 Å². The number of nitrogens with zero attached hydrogens (tertiary/aromatic N) is 2. The quantitative estimate of drug-likeness (QED) is 0.754. The summed E-state index contributed by atoms with van der Waals surface area (Å²) in [6.07, 6.45) is 2.42. The minimum Gasteiger partial charge on any atom is -0.324 e. The monoisotopic (exact) mass is 435 g/mol. The molecule has 1 atom stereocenters. The van der Waals surface area contributed by atoms with Crippen molar-refractivity contribution in [2.24, 2.45) is 0 Å². The van der Waals surface area contributed by atoms with Crippen LogP contribution in [0.4, 0.5) is 17.1 Å². The highest BCUT2D eigenvalue weighted by molar-refractivity contribution is 7.92. The minimum absolute atomic E-state index is 0.0840. The molecule has 1 heterocycles. The van der Waals surface area contributed by atoms with E-state index in [0.29, 0.717) is 29.4 Å². The van der Waals surface area contributed by atoms with Crippen LogP contribution in [0.5, 0.6) is 0 Å². The summed E-state index contributed by atoms with van der Waals surface area (Å²) in [5.41, 5.74) is 1.59. The summed E-state index contributed by atoms with van der Waals surface area (Å²) in [4.78, 5) is 26.3. The number of hydrogen-bond acceptors (Lipinski definition) is 4. The minimum atomic E-state index is -3.73. The SMILES string of the molecule is C[C@H](C(=O)Nc1ccc(N2CCCC2=O)cc1)N(c1cccc(Cl)c1)S(C)(=O)=O. The predicted molar refractivity (Wildman–Crippen MR) is 115 cm³/mol. The van der Waals surface area contributed by atoms with Crippen molar-refractivity contribution in [2.75, 3.05) is 27.3 Å². The lowest BCUT2D eigenvalue weighted by Crippen LogP contribution is -2.45. The fourth-order valence-corrected chi connectivity index (χ4v) is 4.67. The van der Waals surface area contributed by atoms with Crippen LogP contribution in [0.15, 0.2) is 48.5 Å². The summed E-state index contributed by atoms with van der Waals surface area (Å²) in [5, 5.41) is 3.10. The second-order valence-electron chi connectivity index (χ2n) is 6.90. The molecule has 0 unspecified atom stereocenters. The van der Waals surface area contributed by atoms with E-state index >= 15 is 0 Å². The first-order valence-corrected chi connectivity index (χ1v) is 11.4. The molecule has 1 aliphatic rings. The highest BCUT2D eigenvalue weighted by Crippen LogP contribution is 2.26. The maximum Gasteiger partial charge on any atom is 0.247 e. The second kappa shape index (κ2) is 8.42. The van der Waals surface area contributed by atoms with E-state index in [2.05, 4.69) is 5.32 Å². The lowest BCUT2D eigenvalue weighted by molar-refractivity contribution is -0.117. The molecule has 1 N–H and O–H groups in total. The van der Waals surface area contributed by atoms with Crippen molar-refractivity contribution < 1.29 is 18.0 Å². The van der Waals surface area contributed by atoms with Gasteiger partial charge in [-0.3, -0.25) is 13.9 Å². The van der Waals surface area contributed by atoms with E-state index in [9.17, 15) is 18.0 Å². The maximum absolute atomic E-state index is 12.7. The molecule has 0 spiro atoms. The topological polar surface area (TPSA) is 86.8 Å². The van der Waals surface area contributed by atoms with Crippen LogP contribution in [0.1, 0.15) is 19.8 Å². The Morgan fingerprint density at radius 1 is 1.21 bits per heavy atom. The second-order valence-corrected chi connectivity index (χ2v) is 9.20. The van der Waals surface area contributed by atoms with E-state index in [-0.39, 0.29) is 5.91 Å². The smallest absolute Gasteiger partial charge is 0.247 e. The highest BCUT2D eigenvalue weighted by Gasteiger charge is 2.29. The third-order valence-corrected chi connectivity index (χ3v) is 6.15. The molecule has 0 bridgehead atoms. The van der Waals surface area contributed by atoms with Gasteiger partial charge in [-0.1, -0.05) is 17.7 Å². The van der Waals surface area contributed by atoms with E-state index in [1.165, 1.54) is 13.0 Å². The van der Waals surface area contributed by atoms with Gasteiger partial charge in [0, 0.05) is 29.4 Å². The molecule has 2 aromatic rings. The van der Waals surface area contributed by atoms with Crippen LogP contribution in [-0.4, -0.2) is 39.1 Å². The van der Waals surface area contributed by atoms with Crippen molar-refractivity contribution in [3.05, 3.63) is 53.6 Å². The van der Waals surface area contributed by atoms with Gasteiger partial charge >= 0.3 is 0 Å². The van der Waals surface area contributed by atoms with Crippen molar-refractivity contribution >= 4 is 50.5 Å². The molecule has 9 heteroatoms. The normalized spacial score (nSPS) is 15.3. The van der Waals surface area contributed by atoms with Gasteiger partial charge in [0.1, 0.15) is 6.04 Å². The molecule has 7 nitrogen and oxygen atoms in total. The zero-order valence-electron chi connectivity index (χ0n) is 16.1.